The summed E-state index contributed by atoms with van der Waals surface area (Å²) in [6, 6.07) is 7.04. The van der Waals surface area contributed by atoms with E-state index in [-0.39, 0.29) is 19.1 Å². The molecule has 1 fully saturated rings. The van der Waals surface area contributed by atoms with Crippen LogP contribution in [-0.4, -0.2) is 43.0 Å². The van der Waals surface area contributed by atoms with Crippen LogP contribution in [0.25, 0.3) is 0 Å². The van der Waals surface area contributed by atoms with E-state index in [4.69, 9.17) is 9.47 Å². The predicted octanol–water partition coefficient (Wildman–Crippen LogP) is 1.75. The minimum atomic E-state index is -0.932. The summed E-state index contributed by atoms with van der Waals surface area (Å²) in [7, 11) is 0. The molecule has 1 aromatic carbocycles. The third kappa shape index (κ3) is 4.72. The fraction of sp³-hybridized carbons (Fsp3) is 0.562. The van der Waals surface area contributed by atoms with E-state index in [1.165, 1.54) is 0 Å². The van der Waals surface area contributed by atoms with Gasteiger partial charge in [0, 0.05) is 25.1 Å². The van der Waals surface area contributed by atoms with Gasteiger partial charge in [-0.3, -0.25) is 4.79 Å². The first-order chi connectivity index (χ1) is 10.1. The summed E-state index contributed by atoms with van der Waals surface area (Å²) < 4.78 is 10.7. The highest BCUT2D eigenvalue weighted by Crippen LogP contribution is 2.17. The van der Waals surface area contributed by atoms with Crippen molar-refractivity contribution in [2.75, 3.05) is 26.4 Å². The van der Waals surface area contributed by atoms with E-state index >= 15 is 0 Å². The minimum absolute atomic E-state index is 0.199. The van der Waals surface area contributed by atoms with Crippen LogP contribution in [0, 0.1) is 0 Å². The van der Waals surface area contributed by atoms with Gasteiger partial charge in [-0.25, -0.2) is 0 Å². The third-order valence-electron chi connectivity index (χ3n) is 3.54. The van der Waals surface area contributed by atoms with E-state index < -0.39 is 5.60 Å². The highest BCUT2D eigenvalue weighted by Gasteiger charge is 2.32. The zero-order valence-corrected chi connectivity index (χ0v) is 12.4. The first kappa shape index (κ1) is 15.8. The van der Waals surface area contributed by atoms with Crippen LogP contribution in [0.15, 0.2) is 24.3 Å². The molecule has 0 bridgehead atoms. The highest BCUT2D eigenvalue weighted by atomic mass is 16.5. The van der Waals surface area contributed by atoms with E-state index in [1.54, 1.807) is 24.3 Å². The van der Waals surface area contributed by atoms with Crippen molar-refractivity contribution in [3.8, 4) is 5.75 Å². The van der Waals surface area contributed by atoms with E-state index in [2.05, 4.69) is 12.2 Å². The normalized spacial score (nSPS) is 21.2. The molecule has 0 spiro atoms. The van der Waals surface area contributed by atoms with E-state index in [9.17, 15) is 9.90 Å². The van der Waals surface area contributed by atoms with Crippen molar-refractivity contribution in [3.63, 3.8) is 0 Å². The monoisotopic (exact) mass is 293 g/mol. The van der Waals surface area contributed by atoms with Crippen LogP contribution >= 0.6 is 0 Å². The Labute approximate surface area is 125 Å². The summed E-state index contributed by atoms with van der Waals surface area (Å²) in [6.45, 7) is 3.82. The van der Waals surface area contributed by atoms with Crippen LogP contribution in [0.3, 0.4) is 0 Å². The van der Waals surface area contributed by atoms with Crippen LogP contribution in [-0.2, 0) is 4.74 Å². The predicted molar refractivity (Wildman–Crippen MR) is 79.6 cm³/mol. The number of carbonyl (C=O) groups excluding carboxylic acids is 1. The Morgan fingerprint density at radius 3 is 2.81 bits per heavy atom. The highest BCUT2D eigenvalue weighted by molar-refractivity contribution is 5.94. The van der Waals surface area contributed by atoms with Gasteiger partial charge in [0.2, 0.25) is 0 Å². The molecular formula is C16H23NO4. The van der Waals surface area contributed by atoms with Crippen molar-refractivity contribution in [2.45, 2.75) is 31.8 Å². The number of benzene rings is 1. The molecule has 5 heteroatoms. The summed E-state index contributed by atoms with van der Waals surface area (Å²) in [4.78, 5) is 12.0. The summed E-state index contributed by atoms with van der Waals surface area (Å²) in [5.41, 5.74) is -0.376. The van der Waals surface area contributed by atoms with E-state index in [0.717, 1.165) is 18.6 Å². The molecule has 1 unspecified atom stereocenters. The largest absolute Gasteiger partial charge is 0.494 e. The lowest BCUT2D eigenvalue weighted by Crippen LogP contribution is -2.43. The van der Waals surface area contributed by atoms with Crippen molar-refractivity contribution in [1.82, 2.24) is 5.32 Å². The molecular weight excluding hydrogens is 270 g/mol. The molecule has 5 nitrogen and oxygen atoms in total. The topological polar surface area (TPSA) is 67.8 Å². The van der Waals surface area contributed by atoms with Crippen LogP contribution < -0.4 is 10.1 Å². The van der Waals surface area contributed by atoms with E-state index in [1.807, 2.05) is 0 Å². The molecule has 0 radical (unpaired) electrons. The van der Waals surface area contributed by atoms with Gasteiger partial charge in [0.25, 0.3) is 5.91 Å². The van der Waals surface area contributed by atoms with Gasteiger partial charge in [0.1, 0.15) is 11.4 Å². The average Bonchev–Trinajstić information content (AvgIpc) is 2.93. The molecule has 1 atom stereocenters. The maximum Gasteiger partial charge on any atom is 0.251 e. The molecule has 0 aromatic heterocycles. The van der Waals surface area contributed by atoms with Crippen molar-refractivity contribution in [3.05, 3.63) is 29.8 Å². The number of unbranched alkanes of at least 4 members (excludes halogenated alkanes) is 1. The number of amides is 1. The number of hydrogen-bond acceptors (Lipinski definition) is 4. The molecule has 1 heterocycles. The lowest BCUT2D eigenvalue weighted by molar-refractivity contribution is 0.0264. The van der Waals surface area contributed by atoms with Crippen molar-refractivity contribution >= 4 is 5.91 Å². The minimum Gasteiger partial charge on any atom is -0.494 e. The third-order valence-corrected chi connectivity index (χ3v) is 3.54. The number of rotatable bonds is 7. The van der Waals surface area contributed by atoms with Gasteiger partial charge in [-0.05, 0) is 30.7 Å². The first-order valence-electron chi connectivity index (χ1n) is 7.44. The molecule has 1 aliphatic heterocycles. The average molecular weight is 293 g/mol. The van der Waals surface area contributed by atoms with Crippen molar-refractivity contribution in [2.24, 2.45) is 0 Å². The summed E-state index contributed by atoms with van der Waals surface area (Å²) in [5, 5.41) is 12.8. The zero-order valence-electron chi connectivity index (χ0n) is 12.4. The second-order valence-electron chi connectivity index (χ2n) is 5.44. The lowest BCUT2D eigenvalue weighted by Gasteiger charge is -2.20. The molecule has 21 heavy (non-hydrogen) atoms. The Bertz CT molecular complexity index is 452. The van der Waals surface area contributed by atoms with Gasteiger partial charge < -0.3 is 19.9 Å². The maximum absolute atomic E-state index is 12.0. The van der Waals surface area contributed by atoms with E-state index in [0.29, 0.717) is 25.2 Å². The fourth-order valence-electron chi connectivity index (χ4n) is 2.12. The first-order valence-corrected chi connectivity index (χ1v) is 7.44. The van der Waals surface area contributed by atoms with Crippen LogP contribution in [0.2, 0.25) is 0 Å². The van der Waals surface area contributed by atoms with Crippen LogP contribution in [0.4, 0.5) is 0 Å². The molecule has 116 valence electrons. The Balaban J connectivity index is 1.82. The van der Waals surface area contributed by atoms with Gasteiger partial charge in [0.15, 0.2) is 0 Å². The fourth-order valence-corrected chi connectivity index (χ4v) is 2.12. The van der Waals surface area contributed by atoms with Gasteiger partial charge in [-0.2, -0.15) is 0 Å². The Morgan fingerprint density at radius 2 is 2.19 bits per heavy atom. The van der Waals surface area contributed by atoms with Gasteiger partial charge in [0.05, 0.1) is 13.2 Å². The molecule has 0 aliphatic carbocycles. The van der Waals surface area contributed by atoms with Gasteiger partial charge in [-0.1, -0.05) is 13.3 Å². The molecule has 1 saturated heterocycles. The molecule has 1 aromatic rings. The van der Waals surface area contributed by atoms with Gasteiger partial charge in [-0.15, -0.1) is 0 Å². The maximum atomic E-state index is 12.0. The second kappa shape index (κ2) is 7.43. The SMILES string of the molecule is CCCCOc1ccc(C(=O)NCC2(O)CCOC2)cc1. The molecule has 2 N–H and O–H groups in total. The number of hydrogen-bond donors (Lipinski definition) is 2. The van der Waals surface area contributed by atoms with Crippen LogP contribution in [0.1, 0.15) is 36.5 Å². The quantitative estimate of drug-likeness (QED) is 0.752. The van der Waals surface area contributed by atoms with Gasteiger partial charge >= 0.3 is 0 Å². The molecule has 1 aliphatic rings. The molecule has 0 saturated carbocycles. The smallest absolute Gasteiger partial charge is 0.251 e. The zero-order chi connectivity index (χ0) is 15.1. The number of nitrogens with one attached hydrogen (secondary N) is 1. The Hall–Kier alpha value is -1.59. The van der Waals surface area contributed by atoms with Crippen LogP contribution in [0.5, 0.6) is 5.75 Å². The number of aliphatic hydroxyl groups is 1. The standard InChI is InChI=1S/C16H23NO4/c1-2-3-9-21-14-6-4-13(5-7-14)15(18)17-11-16(19)8-10-20-12-16/h4-7,19H,2-3,8-12H2,1H3,(H,17,18). The lowest BCUT2D eigenvalue weighted by atomic mass is 10.0. The van der Waals surface area contributed by atoms with Crippen molar-refractivity contribution in [1.29, 1.82) is 0 Å². The summed E-state index contributed by atoms with van der Waals surface area (Å²) in [6.07, 6.45) is 2.66. The Kier molecular flexibility index (Phi) is 5.59. The number of carbonyl (C=O) groups is 1. The second-order valence-corrected chi connectivity index (χ2v) is 5.44. The summed E-state index contributed by atoms with van der Waals surface area (Å²) in [5.74, 6) is 0.568. The number of ether oxygens (including phenoxy) is 2. The molecule has 1 amide bonds. The molecule has 2 rings (SSSR count). The Morgan fingerprint density at radius 1 is 1.43 bits per heavy atom. The summed E-state index contributed by atoms with van der Waals surface area (Å²) >= 11 is 0. The van der Waals surface area contributed by atoms with Crippen molar-refractivity contribution < 1.29 is 19.4 Å².